The van der Waals surface area contributed by atoms with Crippen molar-refractivity contribution in [3.05, 3.63) is 224 Å². The summed E-state index contributed by atoms with van der Waals surface area (Å²) >= 11 is 0. The lowest BCUT2D eigenvalue weighted by molar-refractivity contribution is 0.893. The van der Waals surface area contributed by atoms with E-state index in [1.807, 2.05) is 54.6 Å². The van der Waals surface area contributed by atoms with Crippen molar-refractivity contribution in [3.8, 4) is 67.8 Å². The first-order valence-electron chi connectivity index (χ1n) is 27.6. The average molecular weight is 808 g/mol. The van der Waals surface area contributed by atoms with E-state index >= 15 is 0 Å². The van der Waals surface area contributed by atoms with Crippen molar-refractivity contribution < 1.29 is 21.9 Å². The molecule has 290 valence electrons. The van der Waals surface area contributed by atoms with Gasteiger partial charge < -0.3 is 0 Å². The summed E-state index contributed by atoms with van der Waals surface area (Å²) < 4.78 is 144. The SMILES string of the molecule is [2H]c1c([2H])c([2H])c2c(c1[2H])c1c([2H])c([2H])c([2H])c([2H])c1n2-c1nc(-c2ccc(-c3cccc(-c4ccc(-c5cccc(-c6ccccc6)c5)cc4)c3)cc2)nc(-n2c3c([2H])c([2H])c([2H])c([2H])c3c3c([2H])c([2H])c([2H])c([2H])c32)n1. The molecule has 3 aromatic heterocycles. The Balaban J connectivity index is 1.06. The number of benzene rings is 9. The van der Waals surface area contributed by atoms with E-state index in [0.29, 0.717) is 5.56 Å². The summed E-state index contributed by atoms with van der Waals surface area (Å²) in [5.74, 6) is -1.07. The second-order valence-electron chi connectivity index (χ2n) is 14.5. The molecule has 3 heterocycles. The smallest absolute Gasteiger partial charge is 0.240 e. The van der Waals surface area contributed by atoms with Crippen LogP contribution in [0.3, 0.4) is 0 Å². The molecule has 0 aliphatic rings. The minimum Gasteiger partial charge on any atom is -0.278 e. The molecule has 0 unspecified atom stereocenters. The van der Waals surface area contributed by atoms with Crippen molar-refractivity contribution in [3.63, 3.8) is 0 Å². The molecule has 5 nitrogen and oxygen atoms in total. The highest BCUT2D eigenvalue weighted by Gasteiger charge is 2.20. The Bertz CT molecular complexity index is 4230. The molecule has 5 heteroatoms. The van der Waals surface area contributed by atoms with Crippen molar-refractivity contribution in [2.75, 3.05) is 0 Å². The van der Waals surface area contributed by atoms with E-state index in [2.05, 4.69) is 60.7 Å². The van der Waals surface area contributed by atoms with Crippen LogP contribution in [0.4, 0.5) is 0 Å². The maximum absolute atomic E-state index is 9.20. The molecule has 0 amide bonds. The van der Waals surface area contributed by atoms with Gasteiger partial charge >= 0.3 is 0 Å². The molecule has 0 aliphatic carbocycles. The molecule has 0 bridgehead atoms. The largest absolute Gasteiger partial charge is 0.278 e. The lowest BCUT2D eigenvalue weighted by Crippen LogP contribution is -2.10. The molecule has 0 N–H and O–H groups in total. The quantitative estimate of drug-likeness (QED) is 0.161. The summed E-state index contributed by atoms with van der Waals surface area (Å²) in [5.41, 5.74) is 7.02. The van der Waals surface area contributed by atoms with Gasteiger partial charge in [0.15, 0.2) is 5.82 Å². The molecule has 12 rings (SSSR count). The van der Waals surface area contributed by atoms with Gasteiger partial charge in [0.2, 0.25) is 11.9 Å². The Hall–Kier alpha value is -8.41. The minimum atomic E-state index is -0.697. The lowest BCUT2D eigenvalue weighted by Gasteiger charge is -2.13. The van der Waals surface area contributed by atoms with E-state index in [4.69, 9.17) is 31.4 Å². The molecular formula is C57H37N5. The molecule has 62 heavy (non-hydrogen) atoms. The molecule has 0 spiro atoms. The standard InChI is InChI=1S/C57H37N5/c1-2-14-38(15-3-1)43-16-12-17-44(36-43)39-28-30-40(31-29-39)45-18-13-19-46(37-45)41-32-34-42(35-33-41)55-58-56(61-51-24-8-4-20-47(51)48-21-5-9-25-52(48)61)60-57(59-55)62-53-26-10-6-22-49(53)50-23-7-11-27-54(50)62/h1-37H/i4D,5D,6D,7D,8D,9D,10D,11D,20D,21D,22D,23D,24D,25D,26D,27D. The Labute approximate surface area is 381 Å². The number of para-hydroxylation sites is 4. The van der Waals surface area contributed by atoms with Crippen molar-refractivity contribution in [1.29, 1.82) is 0 Å². The Kier molecular flexibility index (Phi) is 5.41. The fraction of sp³-hybridized carbons (Fsp3) is 0. The Morgan fingerprint density at radius 3 is 0.968 bits per heavy atom. The monoisotopic (exact) mass is 807 g/mol. The lowest BCUT2D eigenvalue weighted by atomic mass is 9.95. The van der Waals surface area contributed by atoms with Crippen LogP contribution in [-0.4, -0.2) is 24.1 Å². The van der Waals surface area contributed by atoms with Gasteiger partial charge in [-0.25, -0.2) is 0 Å². The Morgan fingerprint density at radius 1 is 0.290 bits per heavy atom. The van der Waals surface area contributed by atoms with Crippen LogP contribution in [0.25, 0.3) is 111 Å². The van der Waals surface area contributed by atoms with Crippen LogP contribution in [0, 0.1) is 0 Å². The Morgan fingerprint density at radius 2 is 0.597 bits per heavy atom. The fourth-order valence-corrected chi connectivity index (χ4v) is 7.98. The number of hydrogen-bond donors (Lipinski definition) is 0. The molecule has 0 saturated carbocycles. The van der Waals surface area contributed by atoms with Crippen molar-refractivity contribution in [1.82, 2.24) is 24.1 Å². The van der Waals surface area contributed by atoms with E-state index in [1.165, 1.54) is 0 Å². The minimum absolute atomic E-state index is 0.141. The molecule has 0 fully saturated rings. The number of nitrogens with zero attached hydrogens (tertiary/aromatic N) is 5. The first-order chi connectivity index (χ1) is 37.4. The molecule has 0 saturated heterocycles. The zero-order valence-corrected chi connectivity index (χ0v) is 32.4. The van der Waals surface area contributed by atoms with Gasteiger partial charge in [0.1, 0.15) is 0 Å². The van der Waals surface area contributed by atoms with Crippen LogP contribution >= 0.6 is 0 Å². The van der Waals surface area contributed by atoms with Crippen molar-refractivity contribution in [2.24, 2.45) is 0 Å². The maximum atomic E-state index is 9.20. The van der Waals surface area contributed by atoms with Crippen LogP contribution < -0.4 is 0 Å². The summed E-state index contributed by atoms with van der Waals surface area (Å²) in [7, 11) is 0. The van der Waals surface area contributed by atoms with E-state index in [1.54, 1.807) is 12.1 Å². The molecule has 0 atom stereocenters. The highest BCUT2D eigenvalue weighted by molar-refractivity contribution is 6.10. The number of hydrogen-bond acceptors (Lipinski definition) is 3. The summed E-state index contributed by atoms with van der Waals surface area (Å²) in [6.45, 7) is 0. The van der Waals surface area contributed by atoms with E-state index in [0.717, 1.165) is 53.6 Å². The third-order valence-corrected chi connectivity index (χ3v) is 10.9. The van der Waals surface area contributed by atoms with Crippen LogP contribution in [0.2, 0.25) is 0 Å². The molecule has 12 aromatic rings. The molecule has 0 aliphatic heterocycles. The predicted molar refractivity (Wildman–Crippen MR) is 256 cm³/mol. The van der Waals surface area contributed by atoms with Gasteiger partial charge in [0.25, 0.3) is 0 Å². The van der Waals surface area contributed by atoms with Crippen LogP contribution in [0.1, 0.15) is 21.9 Å². The first kappa shape index (κ1) is 22.8. The third-order valence-electron chi connectivity index (χ3n) is 10.9. The van der Waals surface area contributed by atoms with Crippen molar-refractivity contribution >= 4 is 43.6 Å². The number of fused-ring (bicyclic) bond motifs is 6. The fourth-order valence-electron chi connectivity index (χ4n) is 7.98. The van der Waals surface area contributed by atoms with Crippen LogP contribution in [0.15, 0.2) is 224 Å². The highest BCUT2D eigenvalue weighted by Crippen LogP contribution is 2.36. The third kappa shape index (κ3) is 6.06. The average Bonchev–Trinajstić information content (AvgIpc) is 4.25. The van der Waals surface area contributed by atoms with Gasteiger partial charge in [-0.05, 0) is 80.8 Å². The normalized spacial score (nSPS) is 15.2. The van der Waals surface area contributed by atoms with E-state index < -0.39 is 109 Å². The first-order valence-corrected chi connectivity index (χ1v) is 19.6. The molecular weight excluding hydrogens is 755 g/mol. The molecule has 9 aromatic carbocycles. The van der Waals surface area contributed by atoms with Crippen LogP contribution in [-0.2, 0) is 0 Å². The van der Waals surface area contributed by atoms with Gasteiger partial charge in [0, 0.05) is 27.1 Å². The van der Waals surface area contributed by atoms with Crippen LogP contribution in [0.5, 0.6) is 0 Å². The second kappa shape index (κ2) is 14.7. The molecule has 0 radical (unpaired) electrons. The van der Waals surface area contributed by atoms with Gasteiger partial charge in [-0.3, -0.25) is 9.13 Å². The topological polar surface area (TPSA) is 48.5 Å². The summed E-state index contributed by atoms with van der Waals surface area (Å²) in [6, 6.07) is 31.5. The predicted octanol–water partition coefficient (Wildman–Crippen LogP) is 14.4. The summed E-state index contributed by atoms with van der Waals surface area (Å²) in [5, 5.41) is -1.05. The maximum Gasteiger partial charge on any atom is 0.240 e. The highest BCUT2D eigenvalue weighted by atomic mass is 15.3. The van der Waals surface area contributed by atoms with Gasteiger partial charge in [-0.2, -0.15) is 15.0 Å². The van der Waals surface area contributed by atoms with Crippen molar-refractivity contribution in [2.45, 2.75) is 0 Å². The number of rotatable bonds is 7. The zero-order chi connectivity index (χ0) is 54.9. The van der Waals surface area contributed by atoms with E-state index in [9.17, 15) is 5.48 Å². The number of aromatic nitrogens is 5. The summed E-state index contributed by atoms with van der Waals surface area (Å²) in [4.78, 5) is 14.4. The van der Waals surface area contributed by atoms with E-state index in [-0.39, 0.29) is 49.4 Å². The summed E-state index contributed by atoms with van der Waals surface area (Å²) in [6.07, 6.45) is 0. The van der Waals surface area contributed by atoms with Gasteiger partial charge in [-0.1, -0.05) is 188 Å². The van der Waals surface area contributed by atoms with Gasteiger partial charge in [0.05, 0.1) is 44.0 Å². The zero-order valence-electron chi connectivity index (χ0n) is 48.4. The second-order valence-corrected chi connectivity index (χ2v) is 14.5. The van der Waals surface area contributed by atoms with Gasteiger partial charge in [-0.15, -0.1) is 0 Å².